The Hall–Kier alpha value is -8.20. The number of nitrogens with zero attached hydrogens (tertiary/aromatic N) is 2. The third-order valence-electron chi connectivity index (χ3n) is 13.7. The Morgan fingerprint density at radius 1 is 0.258 bits per heavy atom. The molecule has 0 saturated carbocycles. The zero-order valence-corrected chi connectivity index (χ0v) is 33.7. The van der Waals surface area contributed by atoms with Gasteiger partial charge in [-0.25, -0.2) is 0 Å². The van der Waals surface area contributed by atoms with E-state index in [1.54, 1.807) is 0 Å². The molecule has 0 N–H and O–H groups in total. The van der Waals surface area contributed by atoms with E-state index >= 15 is 0 Å². The van der Waals surface area contributed by atoms with Gasteiger partial charge in [-0.05, 0) is 115 Å². The van der Waals surface area contributed by atoms with Crippen molar-refractivity contribution in [2.24, 2.45) is 0 Å². The molecule has 2 heteroatoms. The molecule has 0 aliphatic heterocycles. The molecular formula is C60H36N2. The van der Waals surface area contributed by atoms with Crippen molar-refractivity contribution in [1.82, 2.24) is 9.13 Å². The first-order valence-corrected chi connectivity index (χ1v) is 21.5. The summed E-state index contributed by atoms with van der Waals surface area (Å²) in [7, 11) is 0. The molecule has 2 nitrogen and oxygen atoms in total. The molecule has 0 spiro atoms. The molecule has 2 heterocycles. The minimum Gasteiger partial charge on any atom is -0.309 e. The molecule has 0 radical (unpaired) electrons. The Labute approximate surface area is 357 Å². The zero-order valence-electron chi connectivity index (χ0n) is 33.7. The normalized spacial score (nSPS) is 12.2. The average Bonchev–Trinajstić information content (AvgIpc) is 3.98. The molecule has 11 aromatic carbocycles. The van der Waals surface area contributed by atoms with E-state index in [1.807, 2.05) is 0 Å². The van der Waals surface area contributed by atoms with E-state index in [0.717, 1.165) is 0 Å². The number of aromatic nitrogens is 2. The molecule has 0 atom stereocenters. The van der Waals surface area contributed by atoms with Gasteiger partial charge in [0.25, 0.3) is 0 Å². The molecule has 0 fully saturated rings. The summed E-state index contributed by atoms with van der Waals surface area (Å²) in [6.07, 6.45) is 0. The maximum Gasteiger partial charge on any atom is 0.0619 e. The quantitative estimate of drug-likeness (QED) is 0.168. The van der Waals surface area contributed by atoms with Gasteiger partial charge in [-0.3, -0.25) is 0 Å². The number of benzene rings is 11. The number of para-hydroxylation sites is 2. The number of hydrogen-bond donors (Lipinski definition) is 0. The fourth-order valence-electron chi connectivity index (χ4n) is 11.0. The fraction of sp³-hybridized carbons (Fsp3) is 0. The van der Waals surface area contributed by atoms with Crippen molar-refractivity contribution in [3.8, 4) is 55.9 Å². The summed E-state index contributed by atoms with van der Waals surface area (Å²) in [5, 5.41) is 12.7. The molecule has 14 rings (SSSR count). The summed E-state index contributed by atoms with van der Waals surface area (Å²) >= 11 is 0. The van der Waals surface area contributed by atoms with Crippen LogP contribution in [0.1, 0.15) is 0 Å². The van der Waals surface area contributed by atoms with Crippen molar-refractivity contribution >= 4 is 75.9 Å². The van der Waals surface area contributed by atoms with Gasteiger partial charge in [-0.15, -0.1) is 0 Å². The van der Waals surface area contributed by atoms with Crippen LogP contribution in [0.25, 0.3) is 132 Å². The highest BCUT2D eigenvalue weighted by Gasteiger charge is 2.24. The molecule has 2 aromatic heterocycles. The first-order chi connectivity index (χ1) is 30.8. The summed E-state index contributed by atoms with van der Waals surface area (Å²) < 4.78 is 4.92. The van der Waals surface area contributed by atoms with Gasteiger partial charge >= 0.3 is 0 Å². The average molecular weight is 785 g/mol. The summed E-state index contributed by atoms with van der Waals surface area (Å²) in [6.45, 7) is 0. The van der Waals surface area contributed by atoms with Gasteiger partial charge in [0.15, 0.2) is 0 Å². The molecule has 0 bridgehead atoms. The van der Waals surface area contributed by atoms with E-state index in [9.17, 15) is 0 Å². The Morgan fingerprint density at radius 3 is 1.61 bits per heavy atom. The van der Waals surface area contributed by atoms with E-state index in [1.165, 1.54) is 132 Å². The second kappa shape index (κ2) is 12.7. The van der Waals surface area contributed by atoms with Gasteiger partial charge in [0.2, 0.25) is 0 Å². The van der Waals surface area contributed by atoms with E-state index < -0.39 is 0 Å². The fourth-order valence-corrected chi connectivity index (χ4v) is 11.0. The minimum atomic E-state index is 1.17. The van der Waals surface area contributed by atoms with Crippen LogP contribution in [-0.2, 0) is 0 Å². The topological polar surface area (TPSA) is 9.86 Å². The molecule has 286 valence electrons. The van der Waals surface area contributed by atoms with E-state index in [4.69, 9.17) is 0 Å². The van der Waals surface area contributed by atoms with Crippen molar-refractivity contribution in [2.75, 3.05) is 0 Å². The van der Waals surface area contributed by atoms with Crippen molar-refractivity contribution in [3.05, 3.63) is 218 Å². The molecule has 62 heavy (non-hydrogen) atoms. The minimum absolute atomic E-state index is 1.17. The van der Waals surface area contributed by atoms with Crippen molar-refractivity contribution in [3.63, 3.8) is 0 Å². The predicted molar refractivity (Wildman–Crippen MR) is 263 cm³/mol. The van der Waals surface area contributed by atoms with Gasteiger partial charge in [-0.1, -0.05) is 170 Å². The maximum absolute atomic E-state index is 2.48. The van der Waals surface area contributed by atoms with Crippen molar-refractivity contribution in [2.45, 2.75) is 0 Å². The second-order valence-corrected chi connectivity index (χ2v) is 16.8. The van der Waals surface area contributed by atoms with Crippen LogP contribution in [0.3, 0.4) is 0 Å². The summed E-state index contributed by atoms with van der Waals surface area (Å²) in [6, 6.07) is 81.0. The predicted octanol–water partition coefficient (Wildman–Crippen LogP) is 16.3. The first-order valence-electron chi connectivity index (χ1n) is 21.5. The van der Waals surface area contributed by atoms with Gasteiger partial charge < -0.3 is 9.13 Å². The highest BCUT2D eigenvalue weighted by Crippen LogP contribution is 2.50. The number of fused-ring (bicyclic) bond motifs is 12. The van der Waals surface area contributed by atoms with Crippen molar-refractivity contribution in [1.29, 1.82) is 0 Å². The van der Waals surface area contributed by atoms with Crippen LogP contribution < -0.4 is 0 Å². The lowest BCUT2D eigenvalue weighted by Crippen LogP contribution is -1.96. The van der Waals surface area contributed by atoms with E-state index in [2.05, 4.69) is 228 Å². The van der Waals surface area contributed by atoms with Gasteiger partial charge in [0, 0.05) is 38.0 Å². The third kappa shape index (κ3) is 4.58. The summed E-state index contributed by atoms with van der Waals surface area (Å²) in [5.41, 5.74) is 17.5. The van der Waals surface area contributed by atoms with Crippen LogP contribution in [0.4, 0.5) is 0 Å². The molecule has 1 aliphatic carbocycles. The lowest BCUT2D eigenvalue weighted by molar-refractivity contribution is 1.19. The molecular weight excluding hydrogens is 749 g/mol. The molecule has 0 amide bonds. The van der Waals surface area contributed by atoms with Crippen LogP contribution in [-0.4, -0.2) is 9.13 Å². The van der Waals surface area contributed by atoms with Gasteiger partial charge in [0.1, 0.15) is 0 Å². The smallest absolute Gasteiger partial charge is 0.0619 e. The lowest BCUT2D eigenvalue weighted by atomic mass is 9.91. The Bertz CT molecular complexity index is 4000. The zero-order chi connectivity index (χ0) is 40.5. The van der Waals surface area contributed by atoms with Crippen LogP contribution in [0.5, 0.6) is 0 Å². The summed E-state index contributed by atoms with van der Waals surface area (Å²) in [4.78, 5) is 0. The Balaban J connectivity index is 0.948. The van der Waals surface area contributed by atoms with Crippen LogP contribution in [0, 0.1) is 0 Å². The van der Waals surface area contributed by atoms with Gasteiger partial charge in [0.05, 0.1) is 27.8 Å². The first kappa shape index (κ1) is 33.6. The molecule has 0 unspecified atom stereocenters. The third-order valence-corrected chi connectivity index (χ3v) is 13.7. The highest BCUT2D eigenvalue weighted by atomic mass is 15.0. The SMILES string of the molecule is c1ccc(-n2c3ccc(-c4ccc5c(c4)c4ccccc4n5-c4ccc(-c5ccc6c7c(cccc57)-c5ccccc5-6)c5ccccc45)cc3c3ccc4ccccc4c32)cc1. The molecule has 1 aliphatic rings. The Kier molecular flexibility index (Phi) is 6.86. The van der Waals surface area contributed by atoms with Crippen LogP contribution >= 0.6 is 0 Å². The standard InChI is InChI=1S/C60H36N2/c1-2-14-40(15-3-1)61-57-32-26-39(36-54(57)52-28-25-37-13-4-5-16-41(37)60(52)61)38-27-33-58-53(35-38)48-21-10-11-24-55(48)62(58)56-34-31-45(42-17-8-9-20-47(42)56)46-29-30-51-44-19-7-6-18-43(44)49-22-12-23-50(46)59(49)51/h1-36H. The highest BCUT2D eigenvalue weighted by molar-refractivity contribution is 6.22. The van der Waals surface area contributed by atoms with Gasteiger partial charge in [-0.2, -0.15) is 0 Å². The maximum atomic E-state index is 2.48. The van der Waals surface area contributed by atoms with Crippen molar-refractivity contribution < 1.29 is 0 Å². The van der Waals surface area contributed by atoms with Crippen LogP contribution in [0.15, 0.2) is 218 Å². The van der Waals surface area contributed by atoms with E-state index in [-0.39, 0.29) is 0 Å². The number of rotatable bonds is 4. The number of hydrogen-bond acceptors (Lipinski definition) is 0. The summed E-state index contributed by atoms with van der Waals surface area (Å²) in [5.74, 6) is 0. The Morgan fingerprint density at radius 2 is 0.806 bits per heavy atom. The monoisotopic (exact) mass is 784 g/mol. The molecule has 13 aromatic rings. The largest absolute Gasteiger partial charge is 0.309 e. The molecule has 0 saturated heterocycles. The van der Waals surface area contributed by atoms with Crippen LogP contribution in [0.2, 0.25) is 0 Å². The van der Waals surface area contributed by atoms with E-state index in [0.29, 0.717) is 0 Å². The lowest BCUT2D eigenvalue weighted by Gasteiger charge is -2.16. The second-order valence-electron chi connectivity index (χ2n) is 16.8.